The van der Waals surface area contributed by atoms with Crippen molar-refractivity contribution < 1.29 is 13.2 Å². The van der Waals surface area contributed by atoms with Crippen LogP contribution in [0.4, 0.5) is 13.2 Å². The van der Waals surface area contributed by atoms with Crippen LogP contribution in [-0.4, -0.2) is 0 Å². The summed E-state index contributed by atoms with van der Waals surface area (Å²) >= 11 is 0. The van der Waals surface area contributed by atoms with Crippen LogP contribution in [0.2, 0.25) is 0 Å². The highest BCUT2D eigenvalue weighted by molar-refractivity contribution is 5.35. The van der Waals surface area contributed by atoms with Gasteiger partial charge in [0.05, 0.1) is 6.04 Å². The van der Waals surface area contributed by atoms with Gasteiger partial charge in [-0.05, 0) is 36.2 Å². The van der Waals surface area contributed by atoms with E-state index in [-0.39, 0.29) is 5.56 Å². The third-order valence-electron chi connectivity index (χ3n) is 2.87. The minimum Gasteiger partial charge on any atom is -0.320 e. The molecule has 0 fully saturated rings. The molecule has 0 aliphatic heterocycles. The Kier molecular flexibility index (Phi) is 3.39. The van der Waals surface area contributed by atoms with Crippen molar-refractivity contribution in [2.24, 2.45) is 5.73 Å². The second-order valence-corrected chi connectivity index (χ2v) is 4.12. The van der Waals surface area contributed by atoms with Crippen LogP contribution in [0, 0.1) is 24.4 Å². The zero-order valence-corrected chi connectivity index (χ0v) is 9.75. The van der Waals surface area contributed by atoms with Gasteiger partial charge in [0.2, 0.25) is 0 Å². The molecule has 0 amide bonds. The first-order chi connectivity index (χ1) is 8.50. The average molecular weight is 251 g/mol. The molecular formula is C14H12F3N. The van der Waals surface area contributed by atoms with E-state index >= 15 is 0 Å². The van der Waals surface area contributed by atoms with E-state index in [1.165, 1.54) is 18.2 Å². The Morgan fingerprint density at radius 3 is 2.11 bits per heavy atom. The van der Waals surface area contributed by atoms with Crippen LogP contribution in [0.5, 0.6) is 0 Å². The van der Waals surface area contributed by atoms with E-state index in [1.807, 2.05) is 0 Å². The normalized spacial score (nSPS) is 12.5. The lowest BCUT2D eigenvalue weighted by Gasteiger charge is -2.15. The van der Waals surface area contributed by atoms with Crippen molar-refractivity contribution >= 4 is 0 Å². The molecule has 0 saturated heterocycles. The molecule has 2 rings (SSSR count). The van der Waals surface area contributed by atoms with Gasteiger partial charge in [0, 0.05) is 5.56 Å². The van der Waals surface area contributed by atoms with Gasteiger partial charge >= 0.3 is 0 Å². The van der Waals surface area contributed by atoms with Crippen LogP contribution in [0.3, 0.4) is 0 Å². The number of hydrogen-bond acceptors (Lipinski definition) is 1. The summed E-state index contributed by atoms with van der Waals surface area (Å²) in [4.78, 5) is 0. The molecule has 0 aromatic heterocycles. The molecule has 0 saturated carbocycles. The maximum absolute atomic E-state index is 13.6. The molecule has 94 valence electrons. The predicted molar refractivity (Wildman–Crippen MR) is 63.5 cm³/mol. The molecule has 0 aliphatic rings. The highest BCUT2D eigenvalue weighted by atomic mass is 19.1. The lowest BCUT2D eigenvalue weighted by Crippen LogP contribution is -2.16. The Morgan fingerprint density at radius 2 is 1.56 bits per heavy atom. The topological polar surface area (TPSA) is 26.0 Å². The molecule has 2 aromatic rings. The quantitative estimate of drug-likeness (QED) is 0.869. The van der Waals surface area contributed by atoms with Crippen molar-refractivity contribution in [3.63, 3.8) is 0 Å². The first kappa shape index (κ1) is 12.6. The van der Waals surface area contributed by atoms with Crippen molar-refractivity contribution in [1.29, 1.82) is 0 Å². The predicted octanol–water partition coefficient (Wildman–Crippen LogP) is 3.46. The Hall–Kier alpha value is -1.81. The molecule has 1 nitrogen and oxygen atoms in total. The molecule has 0 radical (unpaired) electrons. The largest absolute Gasteiger partial charge is 0.320 e. The smallest absolute Gasteiger partial charge is 0.131 e. The van der Waals surface area contributed by atoms with Crippen molar-refractivity contribution in [3.8, 4) is 0 Å². The second kappa shape index (κ2) is 4.82. The zero-order valence-electron chi connectivity index (χ0n) is 9.75. The molecule has 1 unspecified atom stereocenters. The summed E-state index contributed by atoms with van der Waals surface area (Å²) in [6.07, 6.45) is 0. The summed E-state index contributed by atoms with van der Waals surface area (Å²) in [5, 5.41) is 0. The van der Waals surface area contributed by atoms with Gasteiger partial charge in [-0.1, -0.05) is 18.2 Å². The van der Waals surface area contributed by atoms with Crippen LogP contribution >= 0.6 is 0 Å². The van der Waals surface area contributed by atoms with Crippen LogP contribution < -0.4 is 5.73 Å². The van der Waals surface area contributed by atoms with Crippen LogP contribution in [0.15, 0.2) is 36.4 Å². The number of hydrogen-bond donors (Lipinski definition) is 1. The van der Waals surface area contributed by atoms with Gasteiger partial charge in [-0.25, -0.2) is 13.2 Å². The average Bonchev–Trinajstić information content (AvgIpc) is 2.32. The minimum atomic E-state index is -1.03. The van der Waals surface area contributed by atoms with Crippen molar-refractivity contribution in [3.05, 3.63) is 70.5 Å². The summed E-state index contributed by atoms with van der Waals surface area (Å²) in [5.74, 6) is -1.91. The number of rotatable bonds is 2. The van der Waals surface area contributed by atoms with Gasteiger partial charge in [0.25, 0.3) is 0 Å². The molecule has 1 atom stereocenters. The standard InChI is InChI=1S/C14H12F3N/c1-8-5-6-9(7-12(8)17)14(18)13-10(15)3-2-4-11(13)16/h2-7,14H,18H2,1H3. The Morgan fingerprint density at radius 1 is 0.944 bits per heavy atom. The molecule has 0 heterocycles. The lowest BCUT2D eigenvalue weighted by molar-refractivity contribution is 0.542. The summed E-state index contributed by atoms with van der Waals surface area (Å²) in [6, 6.07) is 6.79. The van der Waals surface area contributed by atoms with Gasteiger partial charge in [-0.3, -0.25) is 0 Å². The molecule has 18 heavy (non-hydrogen) atoms. The molecule has 2 aromatic carbocycles. The number of nitrogens with two attached hydrogens (primary N) is 1. The van der Waals surface area contributed by atoms with E-state index < -0.39 is 23.5 Å². The van der Waals surface area contributed by atoms with E-state index in [1.54, 1.807) is 13.0 Å². The van der Waals surface area contributed by atoms with E-state index in [0.29, 0.717) is 11.1 Å². The fourth-order valence-corrected chi connectivity index (χ4v) is 1.78. The molecule has 4 heteroatoms. The molecule has 0 spiro atoms. The fourth-order valence-electron chi connectivity index (χ4n) is 1.78. The third kappa shape index (κ3) is 2.24. The molecule has 0 bridgehead atoms. The molecule has 0 aliphatic carbocycles. The van der Waals surface area contributed by atoms with Gasteiger partial charge < -0.3 is 5.73 Å². The fraction of sp³-hybridized carbons (Fsp3) is 0.143. The Bertz CT molecular complexity index is 561. The second-order valence-electron chi connectivity index (χ2n) is 4.12. The van der Waals surface area contributed by atoms with E-state index in [2.05, 4.69) is 0 Å². The molecule has 2 N–H and O–H groups in total. The van der Waals surface area contributed by atoms with E-state index in [9.17, 15) is 13.2 Å². The van der Waals surface area contributed by atoms with Crippen molar-refractivity contribution in [2.75, 3.05) is 0 Å². The Labute approximate surface area is 103 Å². The van der Waals surface area contributed by atoms with Crippen LogP contribution in [-0.2, 0) is 0 Å². The Balaban J connectivity index is 2.48. The van der Waals surface area contributed by atoms with Gasteiger partial charge in [-0.2, -0.15) is 0 Å². The van der Waals surface area contributed by atoms with E-state index in [0.717, 1.165) is 12.1 Å². The summed E-state index contributed by atoms with van der Waals surface area (Å²) in [6.45, 7) is 1.61. The highest BCUT2D eigenvalue weighted by Gasteiger charge is 2.18. The van der Waals surface area contributed by atoms with Crippen molar-refractivity contribution in [1.82, 2.24) is 0 Å². The van der Waals surface area contributed by atoms with Gasteiger partial charge in [0.1, 0.15) is 17.5 Å². The zero-order chi connectivity index (χ0) is 13.3. The first-order valence-electron chi connectivity index (χ1n) is 5.46. The maximum atomic E-state index is 13.6. The summed E-state index contributed by atoms with van der Waals surface area (Å²) in [5.41, 5.74) is 6.33. The maximum Gasteiger partial charge on any atom is 0.131 e. The summed E-state index contributed by atoms with van der Waals surface area (Å²) < 4.78 is 40.5. The lowest BCUT2D eigenvalue weighted by atomic mass is 9.97. The minimum absolute atomic E-state index is 0.249. The van der Waals surface area contributed by atoms with Crippen molar-refractivity contribution in [2.45, 2.75) is 13.0 Å². The van der Waals surface area contributed by atoms with Gasteiger partial charge in [-0.15, -0.1) is 0 Å². The number of halogens is 3. The monoisotopic (exact) mass is 251 g/mol. The third-order valence-corrected chi connectivity index (χ3v) is 2.87. The van der Waals surface area contributed by atoms with Gasteiger partial charge in [0.15, 0.2) is 0 Å². The summed E-state index contributed by atoms with van der Waals surface area (Å²) in [7, 11) is 0. The number of benzene rings is 2. The van der Waals surface area contributed by atoms with Crippen LogP contribution in [0.1, 0.15) is 22.7 Å². The van der Waals surface area contributed by atoms with Crippen LogP contribution in [0.25, 0.3) is 0 Å². The first-order valence-corrected chi connectivity index (χ1v) is 5.46. The highest BCUT2D eigenvalue weighted by Crippen LogP contribution is 2.25. The SMILES string of the molecule is Cc1ccc(C(N)c2c(F)cccc2F)cc1F. The number of aryl methyl sites for hydroxylation is 1. The van der Waals surface area contributed by atoms with E-state index in [4.69, 9.17) is 5.73 Å². The molecular weight excluding hydrogens is 239 g/mol.